The van der Waals surface area contributed by atoms with E-state index in [1.807, 2.05) is 43.0 Å². The molecule has 172 valence electrons. The van der Waals surface area contributed by atoms with Crippen LogP contribution < -0.4 is 4.90 Å². The van der Waals surface area contributed by atoms with Crippen LogP contribution in [-0.2, 0) is 16.1 Å². The minimum absolute atomic E-state index is 0.0792. The number of fused-ring (bicyclic) bond motifs is 2. The molecule has 1 N–H and O–H groups in total. The first kappa shape index (κ1) is 22.0. The van der Waals surface area contributed by atoms with Crippen molar-refractivity contribution in [2.45, 2.75) is 26.6 Å². The van der Waals surface area contributed by atoms with Gasteiger partial charge in [-0.3, -0.25) is 14.6 Å². The summed E-state index contributed by atoms with van der Waals surface area (Å²) in [4.78, 5) is 36.5. The van der Waals surface area contributed by atoms with Crippen LogP contribution in [0, 0.1) is 20.4 Å². The summed E-state index contributed by atoms with van der Waals surface area (Å²) in [6.45, 7) is 12.8. The van der Waals surface area contributed by atoms with Crippen molar-refractivity contribution in [3.63, 3.8) is 0 Å². The Labute approximate surface area is 197 Å². The summed E-state index contributed by atoms with van der Waals surface area (Å²) in [7, 11) is 0. The lowest BCUT2D eigenvalue weighted by atomic mass is 9.95. The number of aryl methyl sites for hydroxylation is 1. The van der Waals surface area contributed by atoms with Crippen LogP contribution in [0.15, 0.2) is 36.4 Å². The Morgan fingerprint density at radius 1 is 1.18 bits per heavy atom. The Bertz CT molecular complexity index is 1380. The first-order valence-electron chi connectivity index (χ1n) is 11.1. The third-order valence-corrected chi connectivity index (χ3v) is 6.69. The number of pyridine rings is 1. The molecular formula is C26H24N4O4. The zero-order valence-electron chi connectivity index (χ0n) is 19.0. The lowest BCUT2D eigenvalue weighted by molar-refractivity contribution is -0.121. The minimum atomic E-state index is -0.779. The van der Waals surface area contributed by atoms with Crippen molar-refractivity contribution in [2.75, 3.05) is 31.1 Å². The van der Waals surface area contributed by atoms with E-state index < -0.39 is 6.10 Å². The quantitative estimate of drug-likeness (QED) is 0.478. The molecule has 1 fully saturated rings. The van der Waals surface area contributed by atoms with Gasteiger partial charge in [-0.1, -0.05) is 12.1 Å². The van der Waals surface area contributed by atoms with Crippen molar-refractivity contribution >= 4 is 34.3 Å². The second kappa shape index (κ2) is 8.52. The number of rotatable bonds is 4. The van der Waals surface area contributed by atoms with Crippen molar-refractivity contribution in [1.82, 2.24) is 9.88 Å². The van der Waals surface area contributed by atoms with Gasteiger partial charge in [0.1, 0.15) is 12.4 Å². The monoisotopic (exact) mass is 456 g/mol. The zero-order chi connectivity index (χ0) is 24.0. The van der Waals surface area contributed by atoms with E-state index in [9.17, 15) is 14.7 Å². The second-order valence-corrected chi connectivity index (χ2v) is 8.79. The number of aliphatic hydroxyl groups is 1. The van der Waals surface area contributed by atoms with Crippen molar-refractivity contribution < 1.29 is 19.4 Å². The fourth-order valence-corrected chi connectivity index (χ4v) is 4.72. The van der Waals surface area contributed by atoms with Gasteiger partial charge in [0.15, 0.2) is 5.69 Å². The molecule has 2 aromatic carbocycles. The van der Waals surface area contributed by atoms with E-state index in [1.165, 1.54) is 0 Å². The molecule has 2 aliphatic heterocycles. The van der Waals surface area contributed by atoms with Crippen LogP contribution in [-0.4, -0.2) is 53.0 Å². The normalized spacial score (nSPS) is 16.9. The number of anilines is 1. The summed E-state index contributed by atoms with van der Waals surface area (Å²) < 4.78 is 5.10. The van der Waals surface area contributed by atoms with Crippen molar-refractivity contribution in [3.05, 3.63) is 75.6 Å². The second-order valence-electron chi connectivity index (χ2n) is 8.79. The van der Waals surface area contributed by atoms with E-state index in [1.54, 1.807) is 17.0 Å². The summed E-state index contributed by atoms with van der Waals surface area (Å²) in [6, 6.07) is 10.9. The number of carbonyl (C=O) groups excluding carboxylic acids is 2. The molecule has 1 amide bonds. The molecule has 1 aromatic heterocycles. The molecule has 3 heterocycles. The number of β-amino-alcohol motifs (C(OH)–C–C–N with tert-alkyl or cyclic N) is 1. The van der Waals surface area contributed by atoms with E-state index in [-0.39, 0.29) is 25.0 Å². The van der Waals surface area contributed by atoms with Gasteiger partial charge in [0, 0.05) is 25.2 Å². The molecule has 1 atom stereocenters. The first-order chi connectivity index (χ1) is 16.4. The van der Waals surface area contributed by atoms with Gasteiger partial charge in [-0.2, -0.15) is 0 Å². The molecule has 0 bridgehead atoms. The first-order valence-corrected chi connectivity index (χ1v) is 11.1. The molecule has 5 rings (SSSR count). The van der Waals surface area contributed by atoms with Gasteiger partial charge < -0.3 is 9.84 Å². The molecule has 8 nitrogen and oxygen atoms in total. The molecule has 3 aromatic rings. The van der Waals surface area contributed by atoms with Crippen LogP contribution >= 0.6 is 0 Å². The third-order valence-electron chi connectivity index (χ3n) is 6.69. The largest absolute Gasteiger partial charge is 0.457 e. The molecule has 0 unspecified atom stereocenters. The van der Waals surface area contributed by atoms with Gasteiger partial charge >= 0.3 is 5.97 Å². The fourth-order valence-electron chi connectivity index (χ4n) is 4.72. The summed E-state index contributed by atoms with van der Waals surface area (Å²) in [5.41, 5.74) is 5.19. The number of aliphatic hydroxyl groups excluding tert-OH is 1. The van der Waals surface area contributed by atoms with Gasteiger partial charge in [-0.25, -0.2) is 14.6 Å². The molecule has 0 radical (unpaired) electrons. The smallest absolute Gasteiger partial charge is 0.338 e. The van der Waals surface area contributed by atoms with Crippen LogP contribution in [0.4, 0.5) is 11.5 Å². The fraction of sp³-hybridized carbons (Fsp3) is 0.308. The number of nitrogens with zero attached hydrogens (tertiary/aromatic N) is 4. The number of amides is 1. The van der Waals surface area contributed by atoms with Gasteiger partial charge in [0.2, 0.25) is 5.91 Å². The highest BCUT2D eigenvalue weighted by Gasteiger charge is 2.30. The lowest BCUT2D eigenvalue weighted by Gasteiger charge is -2.35. The predicted octanol–water partition coefficient (Wildman–Crippen LogP) is 3.46. The van der Waals surface area contributed by atoms with Crippen LogP contribution in [0.1, 0.15) is 38.7 Å². The molecular weight excluding hydrogens is 432 g/mol. The average Bonchev–Trinajstić information content (AvgIpc) is 3.20. The summed E-state index contributed by atoms with van der Waals surface area (Å²) >= 11 is 0. The van der Waals surface area contributed by atoms with E-state index >= 15 is 0 Å². The molecule has 1 saturated heterocycles. The Hall–Kier alpha value is -3.80. The van der Waals surface area contributed by atoms with E-state index in [4.69, 9.17) is 11.3 Å². The number of benzene rings is 2. The molecule has 0 spiro atoms. The highest BCUT2D eigenvalue weighted by atomic mass is 16.5. The van der Waals surface area contributed by atoms with E-state index in [0.717, 1.165) is 33.2 Å². The number of esters is 1. The van der Waals surface area contributed by atoms with Crippen LogP contribution in [0.2, 0.25) is 0 Å². The maximum atomic E-state index is 13.0. The highest BCUT2D eigenvalue weighted by molar-refractivity contribution is 5.96. The number of aromatic nitrogens is 1. The Morgan fingerprint density at radius 3 is 2.76 bits per heavy atom. The highest BCUT2D eigenvalue weighted by Crippen LogP contribution is 2.30. The Morgan fingerprint density at radius 2 is 2.00 bits per heavy atom. The molecule has 0 aliphatic carbocycles. The average molecular weight is 457 g/mol. The number of piperazine rings is 1. The summed E-state index contributed by atoms with van der Waals surface area (Å²) in [6.07, 6.45) is -0.779. The van der Waals surface area contributed by atoms with E-state index in [2.05, 4.69) is 9.83 Å². The molecule has 34 heavy (non-hydrogen) atoms. The number of cyclic esters (lactones) is 1. The molecule has 2 aliphatic rings. The number of hydrogen-bond acceptors (Lipinski definition) is 6. The number of ether oxygens (including phenoxy) is 1. The topological polar surface area (TPSA) is 87.3 Å². The van der Waals surface area contributed by atoms with Gasteiger partial charge in [0.05, 0.1) is 30.3 Å². The summed E-state index contributed by atoms with van der Waals surface area (Å²) in [5, 5.41) is 11.7. The van der Waals surface area contributed by atoms with Crippen molar-refractivity contribution in [3.8, 4) is 0 Å². The Kier molecular flexibility index (Phi) is 5.52. The van der Waals surface area contributed by atoms with E-state index in [0.29, 0.717) is 36.7 Å². The van der Waals surface area contributed by atoms with Gasteiger partial charge in [-0.05, 0) is 60.2 Å². The zero-order valence-corrected chi connectivity index (χ0v) is 19.0. The van der Waals surface area contributed by atoms with Crippen molar-refractivity contribution in [1.29, 1.82) is 0 Å². The minimum Gasteiger partial charge on any atom is -0.457 e. The maximum absolute atomic E-state index is 13.0. The number of carbonyl (C=O) groups is 2. The van der Waals surface area contributed by atoms with Gasteiger partial charge in [0.25, 0.3) is 0 Å². The van der Waals surface area contributed by atoms with Crippen LogP contribution in [0.25, 0.3) is 15.7 Å². The van der Waals surface area contributed by atoms with Crippen LogP contribution in [0.3, 0.4) is 0 Å². The SMILES string of the molecule is [C-]#[N+]c1cc2ccc(N3CCN(C[C@H](O)c4ccc5c(c4C)COC5=O)CC3=O)nc2cc1C. The predicted molar refractivity (Wildman–Crippen MR) is 127 cm³/mol. The summed E-state index contributed by atoms with van der Waals surface area (Å²) in [5.74, 6) is 0.182. The standard InChI is InChI=1S/C26H24N4O4/c1-15-10-22-17(11-21(15)27-3)4-7-24(28-22)30-9-8-29(13-25(30)32)12-23(31)18-5-6-19-20(16(18)2)14-34-26(19)33/h4-7,10-11,23,31H,8-9,12-14H2,1-2H3/t23-/m0/s1. The lowest BCUT2D eigenvalue weighted by Crippen LogP contribution is -2.51. The molecule has 8 heteroatoms. The van der Waals surface area contributed by atoms with Crippen LogP contribution in [0.5, 0.6) is 0 Å². The third kappa shape index (κ3) is 3.79. The number of hydrogen-bond donors (Lipinski definition) is 1. The van der Waals surface area contributed by atoms with Crippen molar-refractivity contribution in [2.24, 2.45) is 0 Å². The molecule has 0 saturated carbocycles. The van der Waals surface area contributed by atoms with Gasteiger partial charge in [-0.15, -0.1) is 0 Å². The Balaban J connectivity index is 1.29. The maximum Gasteiger partial charge on any atom is 0.338 e.